The number of aromatic amines is 1. The average Bonchev–Trinajstić information content (AvgIpc) is 3.04. The first-order chi connectivity index (χ1) is 12.5. The Bertz CT molecular complexity index is 891. The van der Waals surface area contributed by atoms with E-state index in [0.717, 1.165) is 0 Å². The zero-order valence-corrected chi connectivity index (χ0v) is 14.3. The van der Waals surface area contributed by atoms with Gasteiger partial charge in [0, 0.05) is 38.2 Å². The molecule has 9 heteroatoms. The predicted octanol–water partition coefficient (Wildman–Crippen LogP) is 0.359. The maximum absolute atomic E-state index is 12.6. The first-order valence-corrected chi connectivity index (χ1v) is 8.24. The second kappa shape index (κ2) is 7.42. The molecule has 2 heterocycles. The molecule has 1 saturated heterocycles. The third-order valence-corrected chi connectivity index (χ3v) is 4.36. The van der Waals surface area contributed by atoms with Crippen molar-refractivity contribution in [3.63, 3.8) is 0 Å². The lowest BCUT2D eigenvalue weighted by Crippen LogP contribution is -2.50. The molecule has 1 aromatic carbocycles. The zero-order valence-electron chi connectivity index (χ0n) is 14.3. The number of nitrogens with one attached hydrogen (secondary N) is 1. The van der Waals surface area contributed by atoms with Crippen molar-refractivity contribution in [2.45, 2.75) is 12.8 Å². The van der Waals surface area contributed by atoms with Crippen molar-refractivity contribution in [3.8, 4) is 0 Å². The van der Waals surface area contributed by atoms with Gasteiger partial charge in [-0.1, -0.05) is 0 Å². The predicted molar refractivity (Wildman–Crippen MR) is 90.6 cm³/mol. The van der Waals surface area contributed by atoms with Crippen LogP contribution in [0, 0.1) is 0 Å². The van der Waals surface area contributed by atoms with Gasteiger partial charge in [0.2, 0.25) is 5.91 Å². The summed E-state index contributed by atoms with van der Waals surface area (Å²) in [5.74, 6) is -1.29. The van der Waals surface area contributed by atoms with Gasteiger partial charge in [-0.05, 0) is 18.2 Å². The van der Waals surface area contributed by atoms with E-state index in [0.29, 0.717) is 42.8 Å². The summed E-state index contributed by atoms with van der Waals surface area (Å²) >= 11 is 0. The fourth-order valence-corrected chi connectivity index (χ4v) is 2.89. The number of methoxy groups -OCH3 is 1. The minimum atomic E-state index is -0.566. The highest BCUT2D eigenvalue weighted by Gasteiger charge is 2.25. The minimum absolute atomic E-state index is 0.0519. The molecular formula is C17H19N3O6. The number of carbonyl (C=O) groups is 3. The van der Waals surface area contributed by atoms with Crippen LogP contribution in [-0.2, 0) is 14.3 Å². The molecule has 1 N–H and O–H groups in total. The number of hydrogen-bond acceptors (Lipinski definition) is 6. The SMILES string of the molecule is COC(=O)CCC(=O)N1CCN(C(=O)c2ccc3[nH]c(=O)oc3c2)CC1. The fourth-order valence-electron chi connectivity index (χ4n) is 2.89. The van der Waals surface area contributed by atoms with Gasteiger partial charge in [-0.2, -0.15) is 0 Å². The van der Waals surface area contributed by atoms with Gasteiger partial charge < -0.3 is 19.0 Å². The summed E-state index contributed by atoms with van der Waals surface area (Å²) < 4.78 is 9.50. The number of benzene rings is 1. The van der Waals surface area contributed by atoms with E-state index in [1.54, 1.807) is 21.9 Å². The van der Waals surface area contributed by atoms with Crippen molar-refractivity contribution in [3.05, 3.63) is 34.3 Å². The first kappa shape index (κ1) is 17.7. The molecule has 26 heavy (non-hydrogen) atoms. The van der Waals surface area contributed by atoms with Gasteiger partial charge in [0.15, 0.2) is 5.58 Å². The van der Waals surface area contributed by atoms with Gasteiger partial charge in [0.25, 0.3) is 5.91 Å². The minimum Gasteiger partial charge on any atom is -0.469 e. The Morgan fingerprint density at radius 1 is 1.12 bits per heavy atom. The van der Waals surface area contributed by atoms with Crippen LogP contribution in [0.2, 0.25) is 0 Å². The van der Waals surface area contributed by atoms with Crippen LogP contribution in [0.1, 0.15) is 23.2 Å². The van der Waals surface area contributed by atoms with Crippen LogP contribution in [0.25, 0.3) is 11.1 Å². The molecule has 2 amide bonds. The van der Waals surface area contributed by atoms with Crippen LogP contribution in [0.5, 0.6) is 0 Å². The molecule has 2 aromatic rings. The summed E-state index contributed by atoms with van der Waals surface area (Å²) in [6, 6.07) is 4.79. The molecule has 1 aliphatic heterocycles. The van der Waals surface area contributed by atoms with E-state index >= 15 is 0 Å². The number of rotatable bonds is 4. The standard InChI is InChI=1S/C17H19N3O6/c1-25-15(22)5-4-14(21)19-6-8-20(9-7-19)16(23)11-2-3-12-13(10-11)26-17(24)18-12/h2-3,10H,4-9H2,1H3,(H,18,24). The Hall–Kier alpha value is -3.10. The van der Waals surface area contributed by atoms with Crippen molar-refractivity contribution < 1.29 is 23.5 Å². The summed E-state index contributed by atoms with van der Waals surface area (Å²) in [5.41, 5.74) is 1.29. The molecule has 0 saturated carbocycles. The highest BCUT2D eigenvalue weighted by atomic mass is 16.5. The van der Waals surface area contributed by atoms with E-state index in [1.807, 2.05) is 0 Å². The van der Waals surface area contributed by atoms with E-state index in [2.05, 4.69) is 9.72 Å². The van der Waals surface area contributed by atoms with Crippen molar-refractivity contribution in [2.75, 3.05) is 33.3 Å². The quantitative estimate of drug-likeness (QED) is 0.787. The topological polar surface area (TPSA) is 113 Å². The van der Waals surface area contributed by atoms with E-state index in [1.165, 1.54) is 13.2 Å². The molecule has 138 valence electrons. The number of H-pyrrole nitrogens is 1. The molecule has 3 rings (SSSR count). The number of oxazole rings is 1. The van der Waals surface area contributed by atoms with Gasteiger partial charge in [0.05, 0.1) is 19.0 Å². The second-order valence-electron chi connectivity index (χ2n) is 5.97. The molecular weight excluding hydrogens is 342 g/mol. The lowest BCUT2D eigenvalue weighted by molar-refractivity contribution is -0.143. The fraction of sp³-hybridized carbons (Fsp3) is 0.412. The van der Waals surface area contributed by atoms with Crippen LogP contribution in [-0.4, -0.2) is 65.9 Å². The molecule has 9 nitrogen and oxygen atoms in total. The number of piperazine rings is 1. The lowest BCUT2D eigenvalue weighted by Gasteiger charge is -2.34. The van der Waals surface area contributed by atoms with Crippen molar-refractivity contribution in [1.82, 2.24) is 14.8 Å². The Kier molecular flexibility index (Phi) is 5.06. The number of amides is 2. The van der Waals surface area contributed by atoms with Crippen LogP contribution in [0.15, 0.2) is 27.4 Å². The Morgan fingerprint density at radius 3 is 2.50 bits per heavy atom. The average molecular weight is 361 g/mol. The van der Waals surface area contributed by atoms with Gasteiger partial charge in [-0.15, -0.1) is 0 Å². The molecule has 0 unspecified atom stereocenters. The monoisotopic (exact) mass is 361 g/mol. The van der Waals surface area contributed by atoms with Gasteiger partial charge in [-0.3, -0.25) is 19.4 Å². The Labute approximate surface area is 148 Å². The van der Waals surface area contributed by atoms with E-state index in [9.17, 15) is 19.2 Å². The number of hydrogen-bond donors (Lipinski definition) is 1. The largest absolute Gasteiger partial charge is 0.469 e. The maximum atomic E-state index is 12.6. The number of fused-ring (bicyclic) bond motifs is 1. The van der Waals surface area contributed by atoms with Crippen LogP contribution >= 0.6 is 0 Å². The van der Waals surface area contributed by atoms with Gasteiger partial charge >= 0.3 is 11.7 Å². The van der Waals surface area contributed by atoms with Gasteiger partial charge in [0.1, 0.15) is 0 Å². The van der Waals surface area contributed by atoms with Crippen LogP contribution in [0.4, 0.5) is 0 Å². The third-order valence-electron chi connectivity index (χ3n) is 4.36. The number of nitrogens with zero attached hydrogens (tertiary/aromatic N) is 2. The summed E-state index contributed by atoms with van der Waals surface area (Å²) in [6.07, 6.45) is 0.153. The van der Waals surface area contributed by atoms with Crippen molar-refractivity contribution >= 4 is 28.9 Å². The van der Waals surface area contributed by atoms with E-state index in [4.69, 9.17) is 4.42 Å². The zero-order chi connectivity index (χ0) is 18.7. The summed E-state index contributed by atoms with van der Waals surface area (Å²) in [6.45, 7) is 1.62. The van der Waals surface area contributed by atoms with E-state index < -0.39 is 11.7 Å². The smallest absolute Gasteiger partial charge is 0.417 e. The molecule has 0 aliphatic carbocycles. The van der Waals surface area contributed by atoms with Gasteiger partial charge in [-0.25, -0.2) is 4.79 Å². The highest BCUT2D eigenvalue weighted by molar-refractivity contribution is 5.97. The van der Waals surface area contributed by atoms with Crippen LogP contribution < -0.4 is 5.76 Å². The molecule has 0 spiro atoms. The van der Waals surface area contributed by atoms with E-state index in [-0.39, 0.29) is 24.7 Å². The normalized spacial score (nSPS) is 14.5. The summed E-state index contributed by atoms with van der Waals surface area (Å²) in [5, 5.41) is 0. The Balaban J connectivity index is 1.58. The number of esters is 1. The van der Waals surface area contributed by atoms with Crippen molar-refractivity contribution in [2.24, 2.45) is 0 Å². The highest BCUT2D eigenvalue weighted by Crippen LogP contribution is 2.15. The third kappa shape index (κ3) is 3.76. The first-order valence-electron chi connectivity index (χ1n) is 8.24. The molecule has 0 bridgehead atoms. The lowest BCUT2D eigenvalue weighted by atomic mass is 10.1. The molecule has 0 radical (unpaired) electrons. The maximum Gasteiger partial charge on any atom is 0.417 e. The summed E-state index contributed by atoms with van der Waals surface area (Å²) in [4.78, 5) is 52.8. The molecule has 1 fully saturated rings. The number of aromatic nitrogens is 1. The number of carbonyl (C=O) groups excluding carboxylic acids is 3. The Morgan fingerprint density at radius 2 is 1.81 bits per heavy atom. The second-order valence-corrected chi connectivity index (χ2v) is 5.97. The summed E-state index contributed by atoms with van der Waals surface area (Å²) in [7, 11) is 1.28. The molecule has 1 aromatic heterocycles. The van der Waals surface area contributed by atoms with Crippen LogP contribution in [0.3, 0.4) is 0 Å². The number of ether oxygens (including phenoxy) is 1. The molecule has 1 aliphatic rings. The van der Waals surface area contributed by atoms with Crippen molar-refractivity contribution in [1.29, 1.82) is 0 Å². The molecule has 0 atom stereocenters.